The molecule has 0 bridgehead atoms. The van der Waals surface area contributed by atoms with Gasteiger partial charge in [-0.25, -0.2) is 4.98 Å². The Morgan fingerprint density at radius 2 is 2.22 bits per heavy atom. The molecule has 1 unspecified atom stereocenters. The number of hydrogen-bond acceptors (Lipinski definition) is 5. The van der Waals surface area contributed by atoms with E-state index in [1.807, 2.05) is 12.1 Å². The first-order valence-corrected chi connectivity index (χ1v) is 6.86. The molecule has 1 aliphatic heterocycles. The van der Waals surface area contributed by atoms with Crippen LogP contribution in [-0.2, 0) is 4.74 Å². The molecule has 1 N–H and O–H groups in total. The van der Waals surface area contributed by atoms with E-state index in [4.69, 9.17) is 4.74 Å². The van der Waals surface area contributed by atoms with Crippen LogP contribution in [0.15, 0.2) is 24.5 Å². The van der Waals surface area contributed by atoms with Crippen LogP contribution in [0.5, 0.6) is 0 Å². The highest BCUT2D eigenvalue weighted by Gasteiger charge is 2.21. The Bertz CT molecular complexity index is 520. The Morgan fingerprint density at radius 3 is 2.94 bits per heavy atom. The van der Waals surface area contributed by atoms with E-state index in [2.05, 4.69) is 22.2 Å². The van der Waals surface area contributed by atoms with E-state index in [0.29, 0.717) is 0 Å². The van der Waals surface area contributed by atoms with Crippen molar-refractivity contribution >= 4 is 11.3 Å². The van der Waals surface area contributed by atoms with Gasteiger partial charge in [-0.2, -0.15) is 0 Å². The Hall–Kier alpha value is -1.30. The fourth-order valence-electron chi connectivity index (χ4n) is 2.06. The molecule has 2 aromatic heterocycles. The number of hydrogen-bond donors (Lipinski definition) is 1. The molecule has 0 amide bonds. The monoisotopic (exact) mass is 261 g/mol. The highest BCUT2D eigenvalue weighted by molar-refractivity contribution is 7.15. The van der Waals surface area contributed by atoms with Crippen molar-refractivity contribution in [3.63, 3.8) is 0 Å². The quantitative estimate of drug-likeness (QED) is 0.900. The van der Waals surface area contributed by atoms with Gasteiger partial charge in [0.05, 0.1) is 17.2 Å². The van der Waals surface area contributed by atoms with Gasteiger partial charge in [-0.15, -0.1) is 11.3 Å². The van der Waals surface area contributed by atoms with Crippen molar-refractivity contribution in [1.82, 2.24) is 15.3 Å². The molecule has 1 atom stereocenters. The summed E-state index contributed by atoms with van der Waals surface area (Å²) in [6.07, 6.45) is 3.74. The zero-order valence-corrected chi connectivity index (χ0v) is 11.0. The minimum atomic E-state index is 0.145. The number of nitrogens with one attached hydrogen (secondary N) is 1. The van der Waals surface area contributed by atoms with Crippen molar-refractivity contribution in [2.24, 2.45) is 0 Å². The highest BCUT2D eigenvalue weighted by atomic mass is 32.1. The van der Waals surface area contributed by atoms with Crippen LogP contribution in [0.25, 0.3) is 10.6 Å². The smallest absolute Gasteiger partial charge is 0.124 e. The van der Waals surface area contributed by atoms with Crippen molar-refractivity contribution in [2.45, 2.75) is 13.0 Å². The maximum absolute atomic E-state index is 5.79. The number of ether oxygens (including phenoxy) is 1. The Labute approximate surface area is 110 Å². The van der Waals surface area contributed by atoms with E-state index in [1.54, 1.807) is 23.7 Å². The molecule has 0 radical (unpaired) electrons. The molecule has 4 nitrogen and oxygen atoms in total. The van der Waals surface area contributed by atoms with Crippen LogP contribution >= 0.6 is 11.3 Å². The van der Waals surface area contributed by atoms with Crippen LogP contribution < -0.4 is 5.32 Å². The van der Waals surface area contributed by atoms with Crippen molar-refractivity contribution in [3.05, 3.63) is 35.1 Å². The van der Waals surface area contributed by atoms with Crippen LogP contribution in [-0.4, -0.2) is 29.7 Å². The van der Waals surface area contributed by atoms with Gasteiger partial charge in [-0.3, -0.25) is 4.98 Å². The number of aromatic nitrogens is 2. The third-order valence-corrected chi connectivity index (χ3v) is 4.28. The first-order valence-electron chi connectivity index (χ1n) is 6.04. The summed E-state index contributed by atoms with van der Waals surface area (Å²) in [7, 11) is 0. The summed E-state index contributed by atoms with van der Waals surface area (Å²) in [6.45, 7) is 4.63. The van der Waals surface area contributed by atoms with Gasteiger partial charge in [0.1, 0.15) is 11.1 Å². The second-order valence-electron chi connectivity index (χ2n) is 4.27. The predicted octanol–water partition coefficient (Wildman–Crippen LogP) is 2.17. The molecule has 0 saturated carbocycles. The molecule has 1 aliphatic rings. The summed E-state index contributed by atoms with van der Waals surface area (Å²) in [5.41, 5.74) is 2.19. The summed E-state index contributed by atoms with van der Waals surface area (Å²) in [5.74, 6) is 0. The largest absolute Gasteiger partial charge is 0.370 e. The number of nitrogens with zero attached hydrogens (tertiary/aromatic N) is 2. The van der Waals surface area contributed by atoms with Crippen molar-refractivity contribution < 1.29 is 4.74 Å². The second kappa shape index (κ2) is 5.14. The minimum Gasteiger partial charge on any atom is -0.370 e. The third-order valence-electron chi connectivity index (χ3n) is 2.98. The summed E-state index contributed by atoms with van der Waals surface area (Å²) >= 11 is 1.72. The lowest BCUT2D eigenvalue weighted by Crippen LogP contribution is -2.33. The van der Waals surface area contributed by atoms with Gasteiger partial charge in [-0.1, -0.05) is 0 Å². The lowest BCUT2D eigenvalue weighted by atomic mass is 10.2. The number of aryl methyl sites for hydroxylation is 1. The van der Waals surface area contributed by atoms with Gasteiger partial charge >= 0.3 is 0 Å². The zero-order chi connectivity index (χ0) is 12.4. The molecular weight excluding hydrogens is 246 g/mol. The molecule has 1 fully saturated rings. The predicted molar refractivity (Wildman–Crippen MR) is 71.6 cm³/mol. The van der Waals surface area contributed by atoms with Crippen LogP contribution in [0.4, 0.5) is 0 Å². The van der Waals surface area contributed by atoms with Gasteiger partial charge < -0.3 is 10.1 Å². The van der Waals surface area contributed by atoms with Gasteiger partial charge in [0.25, 0.3) is 0 Å². The average molecular weight is 261 g/mol. The zero-order valence-electron chi connectivity index (χ0n) is 10.2. The molecule has 94 valence electrons. The Kier molecular flexibility index (Phi) is 3.36. The molecule has 1 saturated heterocycles. The maximum atomic E-state index is 5.79. The standard InChI is InChI=1S/C13H15N3OS/c1-9-12(11-8-15-6-7-17-11)18-13(16-9)10-2-4-14-5-3-10/h2-5,11,15H,6-8H2,1H3. The number of morpholine rings is 1. The SMILES string of the molecule is Cc1nc(-c2ccncc2)sc1C1CNCCO1. The van der Waals surface area contributed by atoms with Crippen LogP contribution in [0, 0.1) is 6.92 Å². The van der Waals surface area contributed by atoms with E-state index < -0.39 is 0 Å². The third kappa shape index (κ3) is 2.29. The summed E-state index contributed by atoms with van der Waals surface area (Å²) in [4.78, 5) is 9.90. The van der Waals surface area contributed by atoms with Gasteiger partial charge in [-0.05, 0) is 19.1 Å². The van der Waals surface area contributed by atoms with Crippen molar-refractivity contribution in [2.75, 3.05) is 19.7 Å². The van der Waals surface area contributed by atoms with Crippen LogP contribution in [0.2, 0.25) is 0 Å². The molecule has 0 aromatic carbocycles. The molecule has 3 rings (SSSR count). The summed E-state index contributed by atoms with van der Waals surface area (Å²) in [5, 5.41) is 4.39. The average Bonchev–Trinajstić information content (AvgIpc) is 2.83. The normalized spacial score (nSPS) is 19.9. The lowest BCUT2D eigenvalue weighted by Gasteiger charge is -2.22. The molecule has 0 spiro atoms. The first kappa shape index (κ1) is 11.8. The highest BCUT2D eigenvalue weighted by Crippen LogP contribution is 2.33. The van der Waals surface area contributed by atoms with E-state index in [-0.39, 0.29) is 6.10 Å². The van der Waals surface area contributed by atoms with Gasteiger partial charge in [0.2, 0.25) is 0 Å². The van der Waals surface area contributed by atoms with E-state index in [9.17, 15) is 0 Å². The molecule has 3 heterocycles. The molecule has 18 heavy (non-hydrogen) atoms. The molecule has 2 aromatic rings. The Morgan fingerprint density at radius 1 is 1.39 bits per heavy atom. The van der Waals surface area contributed by atoms with Gasteiger partial charge in [0.15, 0.2) is 0 Å². The summed E-state index contributed by atoms with van der Waals surface area (Å²) < 4.78 is 5.79. The lowest BCUT2D eigenvalue weighted by molar-refractivity contribution is 0.0295. The topological polar surface area (TPSA) is 47.0 Å². The Balaban J connectivity index is 1.91. The summed E-state index contributed by atoms with van der Waals surface area (Å²) in [6, 6.07) is 3.98. The number of rotatable bonds is 2. The number of thiazole rings is 1. The maximum Gasteiger partial charge on any atom is 0.124 e. The van der Waals surface area contributed by atoms with Crippen LogP contribution in [0.1, 0.15) is 16.7 Å². The van der Waals surface area contributed by atoms with E-state index in [1.165, 1.54) is 4.88 Å². The number of pyridine rings is 1. The first-order chi connectivity index (χ1) is 8.84. The molecule has 5 heteroatoms. The van der Waals surface area contributed by atoms with Crippen molar-refractivity contribution in [3.8, 4) is 10.6 Å². The molecular formula is C13H15N3OS. The van der Waals surface area contributed by atoms with E-state index >= 15 is 0 Å². The fraction of sp³-hybridized carbons (Fsp3) is 0.385. The van der Waals surface area contributed by atoms with Crippen molar-refractivity contribution in [1.29, 1.82) is 0 Å². The van der Waals surface area contributed by atoms with E-state index in [0.717, 1.165) is 36.0 Å². The van der Waals surface area contributed by atoms with Gasteiger partial charge in [0, 0.05) is 31.0 Å². The molecule has 0 aliphatic carbocycles. The fourth-order valence-corrected chi connectivity index (χ4v) is 3.18. The van der Waals surface area contributed by atoms with Crippen LogP contribution in [0.3, 0.4) is 0 Å². The minimum absolute atomic E-state index is 0.145. The second-order valence-corrected chi connectivity index (χ2v) is 5.30.